The topological polar surface area (TPSA) is 58.2 Å². The molecule has 1 aromatic carbocycles. The monoisotopic (exact) mass is 358 g/mol. The standard InChI is InChI=1S/C22H34N2O2/c1-5-22(3,4)17-10-12-18(13-11-17)24-20(25)14-15-23-21(26)19-9-7-6-8-16(19)2/h6-9,17-18H,5,10-15H2,1-4H3,(H,23,26)(H,24,25). The van der Waals surface area contributed by atoms with Crippen molar-refractivity contribution in [3.05, 3.63) is 35.4 Å². The van der Waals surface area contributed by atoms with Crippen molar-refractivity contribution in [1.82, 2.24) is 10.6 Å². The van der Waals surface area contributed by atoms with Gasteiger partial charge < -0.3 is 10.6 Å². The van der Waals surface area contributed by atoms with Crippen LogP contribution in [0, 0.1) is 18.3 Å². The van der Waals surface area contributed by atoms with Gasteiger partial charge in [0.05, 0.1) is 0 Å². The highest BCUT2D eigenvalue weighted by atomic mass is 16.2. The summed E-state index contributed by atoms with van der Waals surface area (Å²) in [5.41, 5.74) is 2.01. The molecule has 0 atom stereocenters. The molecule has 0 heterocycles. The van der Waals surface area contributed by atoms with E-state index in [0.717, 1.165) is 24.3 Å². The third-order valence-corrected chi connectivity index (χ3v) is 6.14. The minimum absolute atomic E-state index is 0.0354. The molecule has 1 aromatic rings. The zero-order valence-electron chi connectivity index (χ0n) is 16.7. The van der Waals surface area contributed by atoms with Crippen molar-refractivity contribution in [2.24, 2.45) is 11.3 Å². The second-order valence-corrected chi connectivity index (χ2v) is 8.28. The molecule has 2 N–H and O–H groups in total. The quantitative estimate of drug-likeness (QED) is 0.766. The molecule has 26 heavy (non-hydrogen) atoms. The molecule has 0 bridgehead atoms. The minimum atomic E-state index is -0.113. The molecule has 1 aliphatic rings. The third-order valence-electron chi connectivity index (χ3n) is 6.14. The van der Waals surface area contributed by atoms with Gasteiger partial charge in [-0.05, 0) is 55.6 Å². The first kappa shape index (κ1) is 20.5. The number of carbonyl (C=O) groups excluding carboxylic acids is 2. The molecule has 144 valence electrons. The zero-order chi connectivity index (χ0) is 19.2. The molecule has 2 rings (SSSR count). The van der Waals surface area contributed by atoms with E-state index >= 15 is 0 Å². The van der Waals surface area contributed by atoms with E-state index in [9.17, 15) is 9.59 Å². The van der Waals surface area contributed by atoms with E-state index in [1.54, 1.807) is 6.07 Å². The van der Waals surface area contributed by atoms with E-state index in [1.165, 1.54) is 19.3 Å². The first-order valence-corrected chi connectivity index (χ1v) is 9.96. The Balaban J connectivity index is 1.68. The average Bonchev–Trinajstić information content (AvgIpc) is 2.62. The lowest BCUT2D eigenvalue weighted by Gasteiger charge is -2.39. The van der Waals surface area contributed by atoms with E-state index in [-0.39, 0.29) is 11.8 Å². The smallest absolute Gasteiger partial charge is 0.251 e. The molecule has 4 nitrogen and oxygen atoms in total. The predicted molar refractivity (Wildman–Crippen MR) is 106 cm³/mol. The summed E-state index contributed by atoms with van der Waals surface area (Å²) in [6.45, 7) is 9.26. The maximum absolute atomic E-state index is 12.2. The average molecular weight is 359 g/mol. The van der Waals surface area contributed by atoms with E-state index in [4.69, 9.17) is 0 Å². The summed E-state index contributed by atoms with van der Waals surface area (Å²) in [4.78, 5) is 24.3. The van der Waals surface area contributed by atoms with Gasteiger partial charge in [0.15, 0.2) is 0 Å². The molecular weight excluding hydrogens is 324 g/mol. The lowest BCUT2D eigenvalue weighted by molar-refractivity contribution is -0.122. The number of rotatable bonds is 7. The number of hydrogen-bond acceptors (Lipinski definition) is 2. The normalized spacial score (nSPS) is 20.5. The number of aryl methyl sites for hydroxylation is 1. The number of amides is 2. The van der Waals surface area contributed by atoms with Gasteiger partial charge in [-0.25, -0.2) is 0 Å². The Morgan fingerprint density at radius 1 is 1.12 bits per heavy atom. The molecule has 4 heteroatoms. The van der Waals surface area contributed by atoms with Crippen LogP contribution in [-0.2, 0) is 4.79 Å². The van der Waals surface area contributed by atoms with Crippen LogP contribution in [0.4, 0.5) is 0 Å². The number of carbonyl (C=O) groups is 2. The van der Waals surface area contributed by atoms with Gasteiger partial charge in [-0.2, -0.15) is 0 Å². The van der Waals surface area contributed by atoms with Gasteiger partial charge in [0.2, 0.25) is 5.91 Å². The summed E-state index contributed by atoms with van der Waals surface area (Å²) < 4.78 is 0. The fraction of sp³-hybridized carbons (Fsp3) is 0.636. The fourth-order valence-corrected chi connectivity index (χ4v) is 3.82. The largest absolute Gasteiger partial charge is 0.353 e. The predicted octanol–water partition coefficient (Wildman–Crippen LogP) is 4.23. The Kier molecular flexibility index (Phi) is 7.24. The van der Waals surface area contributed by atoms with E-state index in [1.807, 2.05) is 25.1 Å². The molecule has 2 amide bonds. The van der Waals surface area contributed by atoms with Crippen molar-refractivity contribution >= 4 is 11.8 Å². The van der Waals surface area contributed by atoms with Crippen LogP contribution in [0.3, 0.4) is 0 Å². The van der Waals surface area contributed by atoms with Gasteiger partial charge in [0, 0.05) is 24.6 Å². The summed E-state index contributed by atoms with van der Waals surface area (Å²) >= 11 is 0. The lowest BCUT2D eigenvalue weighted by atomic mass is 9.69. The van der Waals surface area contributed by atoms with Crippen LogP contribution < -0.4 is 10.6 Å². The highest BCUT2D eigenvalue weighted by Crippen LogP contribution is 2.40. The van der Waals surface area contributed by atoms with Crippen LogP contribution in [-0.4, -0.2) is 24.4 Å². The van der Waals surface area contributed by atoms with Crippen molar-refractivity contribution in [2.75, 3.05) is 6.54 Å². The number of benzene rings is 1. The van der Waals surface area contributed by atoms with Crippen LogP contribution >= 0.6 is 0 Å². The Labute approximate surface area is 158 Å². The second-order valence-electron chi connectivity index (χ2n) is 8.28. The van der Waals surface area contributed by atoms with Crippen LogP contribution in [0.5, 0.6) is 0 Å². The number of nitrogens with one attached hydrogen (secondary N) is 2. The Hall–Kier alpha value is -1.84. The molecule has 1 fully saturated rings. The summed E-state index contributed by atoms with van der Waals surface area (Å²) in [5.74, 6) is 0.681. The lowest BCUT2D eigenvalue weighted by Crippen LogP contribution is -2.41. The second kappa shape index (κ2) is 9.20. The van der Waals surface area contributed by atoms with E-state index < -0.39 is 0 Å². The molecule has 1 saturated carbocycles. The van der Waals surface area contributed by atoms with Crippen LogP contribution in [0.2, 0.25) is 0 Å². The summed E-state index contributed by atoms with van der Waals surface area (Å²) in [5, 5.41) is 5.99. The third kappa shape index (κ3) is 5.58. The summed E-state index contributed by atoms with van der Waals surface area (Å²) in [7, 11) is 0. The van der Waals surface area contributed by atoms with Gasteiger partial charge in [0.1, 0.15) is 0 Å². The first-order chi connectivity index (χ1) is 12.3. The number of hydrogen-bond donors (Lipinski definition) is 2. The van der Waals surface area contributed by atoms with Crippen molar-refractivity contribution in [3.8, 4) is 0 Å². The maximum atomic E-state index is 12.2. The molecule has 1 aliphatic carbocycles. The van der Waals surface area contributed by atoms with Gasteiger partial charge in [-0.1, -0.05) is 45.4 Å². The highest BCUT2D eigenvalue weighted by Gasteiger charge is 2.32. The summed E-state index contributed by atoms with van der Waals surface area (Å²) in [6.07, 6.45) is 6.05. The zero-order valence-corrected chi connectivity index (χ0v) is 16.7. The molecular formula is C22H34N2O2. The first-order valence-electron chi connectivity index (χ1n) is 9.96. The SMILES string of the molecule is CCC(C)(C)C1CCC(NC(=O)CCNC(=O)c2ccccc2C)CC1. The van der Waals surface area contributed by atoms with Gasteiger partial charge in [0.25, 0.3) is 5.91 Å². The Morgan fingerprint density at radius 3 is 2.38 bits per heavy atom. The fourth-order valence-electron chi connectivity index (χ4n) is 3.82. The Bertz CT molecular complexity index is 616. The molecule has 0 aromatic heterocycles. The minimum Gasteiger partial charge on any atom is -0.353 e. The van der Waals surface area contributed by atoms with Gasteiger partial charge in [-0.3, -0.25) is 9.59 Å². The highest BCUT2D eigenvalue weighted by molar-refractivity contribution is 5.95. The molecule has 0 unspecified atom stereocenters. The molecule has 0 spiro atoms. The van der Waals surface area contributed by atoms with Crippen molar-refractivity contribution < 1.29 is 9.59 Å². The molecule has 0 aliphatic heterocycles. The van der Waals surface area contributed by atoms with Crippen molar-refractivity contribution in [3.63, 3.8) is 0 Å². The van der Waals surface area contributed by atoms with Gasteiger partial charge >= 0.3 is 0 Å². The van der Waals surface area contributed by atoms with Crippen molar-refractivity contribution in [1.29, 1.82) is 0 Å². The summed E-state index contributed by atoms with van der Waals surface area (Å²) in [6, 6.07) is 7.78. The van der Waals surface area contributed by atoms with Crippen LogP contribution in [0.15, 0.2) is 24.3 Å². The molecule has 0 saturated heterocycles. The molecule has 0 radical (unpaired) electrons. The Morgan fingerprint density at radius 2 is 1.77 bits per heavy atom. The van der Waals surface area contributed by atoms with E-state index in [2.05, 4.69) is 31.4 Å². The van der Waals surface area contributed by atoms with Crippen LogP contribution in [0.25, 0.3) is 0 Å². The maximum Gasteiger partial charge on any atom is 0.251 e. The van der Waals surface area contributed by atoms with Crippen molar-refractivity contribution in [2.45, 2.75) is 72.3 Å². The van der Waals surface area contributed by atoms with Gasteiger partial charge in [-0.15, -0.1) is 0 Å². The van der Waals surface area contributed by atoms with Crippen LogP contribution in [0.1, 0.15) is 75.2 Å². The van der Waals surface area contributed by atoms with E-state index in [0.29, 0.717) is 30.0 Å².